The van der Waals surface area contributed by atoms with Gasteiger partial charge in [-0.1, -0.05) is 49.7 Å². The van der Waals surface area contributed by atoms with Crippen LogP contribution in [0.15, 0.2) is 82.6 Å². The van der Waals surface area contributed by atoms with Crippen molar-refractivity contribution in [2.75, 3.05) is 10.0 Å². The Morgan fingerprint density at radius 3 is 2.23 bits per heavy atom. The predicted octanol–water partition coefficient (Wildman–Crippen LogP) is 5.89. The Balaban J connectivity index is 1.75. The van der Waals surface area contributed by atoms with Crippen LogP contribution in [0.2, 0.25) is 5.02 Å². The first-order chi connectivity index (χ1) is 14.3. The van der Waals surface area contributed by atoms with Gasteiger partial charge in [-0.15, -0.1) is 11.8 Å². The van der Waals surface area contributed by atoms with E-state index in [0.717, 1.165) is 4.90 Å². The van der Waals surface area contributed by atoms with E-state index in [1.54, 1.807) is 54.2 Å². The van der Waals surface area contributed by atoms with E-state index < -0.39 is 10.0 Å². The van der Waals surface area contributed by atoms with Crippen molar-refractivity contribution in [3.8, 4) is 0 Å². The van der Waals surface area contributed by atoms with E-state index in [4.69, 9.17) is 11.6 Å². The Morgan fingerprint density at radius 1 is 0.933 bits per heavy atom. The summed E-state index contributed by atoms with van der Waals surface area (Å²) in [5.74, 6) is -0.247. The lowest BCUT2D eigenvalue weighted by Gasteiger charge is -2.12. The molecule has 0 saturated carbocycles. The Morgan fingerprint density at radius 2 is 1.57 bits per heavy atom. The van der Waals surface area contributed by atoms with Crippen LogP contribution in [0.5, 0.6) is 0 Å². The third-order valence-electron chi connectivity index (χ3n) is 4.04. The van der Waals surface area contributed by atoms with Crippen LogP contribution in [0.3, 0.4) is 0 Å². The number of benzene rings is 3. The highest BCUT2D eigenvalue weighted by Gasteiger charge is 2.17. The fraction of sp³-hybridized carbons (Fsp3) is 0.136. The predicted molar refractivity (Wildman–Crippen MR) is 124 cm³/mol. The number of thioether (sulfide) groups is 1. The lowest BCUT2D eigenvalue weighted by molar-refractivity contribution is 0.102. The molecule has 5 nitrogen and oxygen atoms in total. The van der Waals surface area contributed by atoms with Crippen LogP contribution in [-0.4, -0.2) is 19.6 Å². The summed E-state index contributed by atoms with van der Waals surface area (Å²) in [5, 5.41) is 3.47. The largest absolute Gasteiger partial charge is 0.322 e. The van der Waals surface area contributed by atoms with Gasteiger partial charge in [-0.3, -0.25) is 9.52 Å². The Kier molecular flexibility index (Phi) is 7.07. The summed E-state index contributed by atoms with van der Waals surface area (Å²) in [6.07, 6.45) is 0. The fourth-order valence-electron chi connectivity index (χ4n) is 2.67. The Labute approximate surface area is 185 Å². The number of halogens is 1. The number of nitrogens with one attached hydrogen (secondary N) is 2. The van der Waals surface area contributed by atoms with Crippen molar-refractivity contribution in [1.29, 1.82) is 0 Å². The Hall–Kier alpha value is -2.48. The maximum Gasteiger partial charge on any atom is 0.261 e. The van der Waals surface area contributed by atoms with Crippen molar-refractivity contribution in [3.05, 3.63) is 83.4 Å². The van der Waals surface area contributed by atoms with E-state index in [1.807, 2.05) is 18.2 Å². The van der Waals surface area contributed by atoms with E-state index in [0.29, 0.717) is 27.2 Å². The van der Waals surface area contributed by atoms with Crippen LogP contribution in [0.25, 0.3) is 0 Å². The van der Waals surface area contributed by atoms with Gasteiger partial charge in [0, 0.05) is 15.8 Å². The third kappa shape index (κ3) is 5.56. The number of hydrogen-bond acceptors (Lipinski definition) is 4. The molecule has 1 amide bonds. The number of amides is 1. The summed E-state index contributed by atoms with van der Waals surface area (Å²) in [6.45, 7) is 4.13. The molecule has 3 aromatic rings. The summed E-state index contributed by atoms with van der Waals surface area (Å²) >= 11 is 7.64. The van der Waals surface area contributed by atoms with Gasteiger partial charge < -0.3 is 5.32 Å². The van der Waals surface area contributed by atoms with Crippen molar-refractivity contribution in [3.63, 3.8) is 0 Å². The molecule has 0 aromatic heterocycles. The van der Waals surface area contributed by atoms with E-state index in [2.05, 4.69) is 23.9 Å². The monoisotopic (exact) mass is 460 g/mol. The van der Waals surface area contributed by atoms with Crippen molar-refractivity contribution in [1.82, 2.24) is 0 Å². The maximum atomic E-state index is 12.7. The van der Waals surface area contributed by atoms with Gasteiger partial charge in [0.05, 0.1) is 21.2 Å². The van der Waals surface area contributed by atoms with Crippen molar-refractivity contribution in [2.24, 2.45) is 0 Å². The second-order valence-corrected chi connectivity index (χ2v) is 10.4. The van der Waals surface area contributed by atoms with Gasteiger partial charge in [0.2, 0.25) is 0 Å². The lowest BCUT2D eigenvalue weighted by Crippen LogP contribution is -2.15. The van der Waals surface area contributed by atoms with Crippen LogP contribution in [0.4, 0.5) is 11.4 Å². The number of carbonyl (C=O) groups is 1. The van der Waals surface area contributed by atoms with Gasteiger partial charge in [-0.25, -0.2) is 8.42 Å². The number of anilines is 2. The van der Waals surface area contributed by atoms with Crippen LogP contribution in [0.1, 0.15) is 24.2 Å². The summed E-state index contributed by atoms with van der Waals surface area (Å²) < 4.78 is 27.7. The van der Waals surface area contributed by atoms with Gasteiger partial charge in [0.1, 0.15) is 0 Å². The fourth-order valence-corrected chi connectivity index (χ4v) is 4.95. The molecule has 0 heterocycles. The number of sulfonamides is 1. The highest BCUT2D eigenvalue weighted by Crippen LogP contribution is 2.28. The molecular weight excluding hydrogens is 440 g/mol. The maximum absolute atomic E-state index is 12.7. The number of para-hydroxylation sites is 1. The summed E-state index contributed by atoms with van der Waals surface area (Å²) in [4.78, 5) is 13.7. The molecule has 0 saturated heterocycles. The topological polar surface area (TPSA) is 75.3 Å². The van der Waals surface area contributed by atoms with Crippen LogP contribution in [-0.2, 0) is 10.0 Å². The molecule has 8 heteroatoms. The van der Waals surface area contributed by atoms with Crippen molar-refractivity contribution in [2.45, 2.75) is 28.9 Å². The molecule has 2 N–H and O–H groups in total. The standard InChI is InChI=1S/C22H21ClN2O3S2/c1-15(2)29-21-10-6-3-7-18(21)22(26)24-16-11-13-17(14-12-16)30(27,28)25-20-9-5-4-8-19(20)23/h3-15,25H,1-2H3,(H,24,26). The van der Waals surface area contributed by atoms with Crippen LogP contribution < -0.4 is 10.0 Å². The quantitative estimate of drug-likeness (QED) is 0.431. The summed E-state index contributed by atoms with van der Waals surface area (Å²) in [6, 6.07) is 20.0. The Bertz CT molecular complexity index is 1150. The minimum atomic E-state index is -3.80. The molecule has 156 valence electrons. The average molecular weight is 461 g/mol. The number of rotatable bonds is 7. The van der Waals surface area contributed by atoms with Crippen molar-refractivity contribution >= 4 is 50.7 Å². The third-order valence-corrected chi connectivity index (χ3v) is 6.83. The van der Waals surface area contributed by atoms with Gasteiger partial charge in [0.25, 0.3) is 15.9 Å². The van der Waals surface area contributed by atoms with Crippen LogP contribution in [0, 0.1) is 0 Å². The van der Waals surface area contributed by atoms with Gasteiger partial charge in [-0.05, 0) is 48.5 Å². The molecule has 30 heavy (non-hydrogen) atoms. The number of carbonyl (C=O) groups excluding carboxylic acids is 1. The van der Waals surface area contributed by atoms with Crippen LogP contribution >= 0.6 is 23.4 Å². The zero-order chi connectivity index (χ0) is 21.7. The van der Waals surface area contributed by atoms with Gasteiger partial charge in [-0.2, -0.15) is 0 Å². The molecule has 0 unspecified atom stereocenters. The lowest BCUT2D eigenvalue weighted by atomic mass is 10.2. The molecule has 3 rings (SSSR count). The summed E-state index contributed by atoms with van der Waals surface area (Å²) in [7, 11) is -3.80. The highest BCUT2D eigenvalue weighted by molar-refractivity contribution is 8.00. The molecule has 0 aliphatic heterocycles. The normalized spacial score (nSPS) is 11.3. The second-order valence-electron chi connectivity index (χ2n) is 6.73. The first-order valence-electron chi connectivity index (χ1n) is 9.21. The summed E-state index contributed by atoms with van der Waals surface area (Å²) in [5.41, 5.74) is 1.38. The molecule has 0 radical (unpaired) electrons. The molecule has 0 aliphatic carbocycles. The molecule has 0 atom stereocenters. The van der Waals surface area contributed by atoms with Crippen molar-refractivity contribution < 1.29 is 13.2 Å². The van der Waals surface area contributed by atoms with E-state index in [1.165, 1.54) is 12.1 Å². The molecule has 0 aliphatic rings. The zero-order valence-corrected chi connectivity index (χ0v) is 18.8. The molecular formula is C22H21ClN2O3S2. The second kappa shape index (κ2) is 9.55. The molecule has 0 bridgehead atoms. The minimum absolute atomic E-state index is 0.0659. The van der Waals surface area contributed by atoms with Gasteiger partial charge in [0.15, 0.2) is 0 Å². The molecule has 3 aromatic carbocycles. The van der Waals surface area contributed by atoms with E-state index >= 15 is 0 Å². The smallest absolute Gasteiger partial charge is 0.261 e. The zero-order valence-electron chi connectivity index (χ0n) is 16.4. The van der Waals surface area contributed by atoms with E-state index in [9.17, 15) is 13.2 Å². The SMILES string of the molecule is CC(C)Sc1ccccc1C(=O)Nc1ccc(S(=O)(=O)Nc2ccccc2Cl)cc1. The highest BCUT2D eigenvalue weighted by atomic mass is 35.5. The average Bonchev–Trinajstić information content (AvgIpc) is 2.70. The van der Waals surface area contributed by atoms with E-state index in [-0.39, 0.29) is 10.8 Å². The molecule has 0 spiro atoms. The molecule has 0 fully saturated rings. The first kappa shape index (κ1) is 22.2. The van der Waals surface area contributed by atoms with Gasteiger partial charge >= 0.3 is 0 Å². The first-order valence-corrected chi connectivity index (χ1v) is 11.9. The minimum Gasteiger partial charge on any atom is -0.322 e. The number of hydrogen-bond donors (Lipinski definition) is 2.